The van der Waals surface area contributed by atoms with Crippen LogP contribution in [-0.2, 0) is 4.79 Å². The number of carbonyl (C=O) groups excluding carboxylic acids is 2. The Labute approximate surface area is 174 Å². The highest BCUT2D eigenvalue weighted by atomic mass is 19.1. The molecule has 154 valence electrons. The number of nitrogens with zero attached hydrogens (tertiary/aromatic N) is 1. The molecule has 0 radical (unpaired) electrons. The van der Waals surface area contributed by atoms with Crippen LogP contribution in [-0.4, -0.2) is 23.4 Å². The SMILES string of the molecule is Cc1cc(C)cc(OCCC(=O)Nc2cc(F)ccc2NC(=O)c2ccccn2)c1. The van der Waals surface area contributed by atoms with Crippen LogP contribution >= 0.6 is 0 Å². The molecule has 2 N–H and O–H groups in total. The summed E-state index contributed by atoms with van der Waals surface area (Å²) in [5.74, 6) is -0.670. The fourth-order valence-electron chi connectivity index (χ4n) is 2.90. The van der Waals surface area contributed by atoms with Crippen LogP contribution in [0.2, 0.25) is 0 Å². The number of benzene rings is 2. The van der Waals surface area contributed by atoms with Crippen molar-refractivity contribution in [3.63, 3.8) is 0 Å². The fraction of sp³-hybridized carbons (Fsp3) is 0.174. The van der Waals surface area contributed by atoms with Gasteiger partial charge in [-0.1, -0.05) is 12.1 Å². The zero-order chi connectivity index (χ0) is 21.5. The van der Waals surface area contributed by atoms with Gasteiger partial charge in [0.1, 0.15) is 17.3 Å². The first-order valence-corrected chi connectivity index (χ1v) is 9.43. The monoisotopic (exact) mass is 407 g/mol. The number of hydrogen-bond donors (Lipinski definition) is 2. The van der Waals surface area contributed by atoms with Crippen LogP contribution in [0.1, 0.15) is 28.0 Å². The smallest absolute Gasteiger partial charge is 0.274 e. The second-order valence-corrected chi connectivity index (χ2v) is 6.83. The van der Waals surface area contributed by atoms with Crippen molar-refractivity contribution < 1.29 is 18.7 Å². The Hall–Kier alpha value is -3.74. The first-order valence-electron chi connectivity index (χ1n) is 9.43. The van der Waals surface area contributed by atoms with E-state index in [1.807, 2.05) is 32.0 Å². The van der Waals surface area contributed by atoms with E-state index >= 15 is 0 Å². The largest absolute Gasteiger partial charge is 0.493 e. The quantitative estimate of drug-likeness (QED) is 0.604. The molecule has 0 saturated carbocycles. The molecule has 0 atom stereocenters. The fourth-order valence-corrected chi connectivity index (χ4v) is 2.90. The minimum Gasteiger partial charge on any atom is -0.493 e. The second kappa shape index (κ2) is 9.65. The topological polar surface area (TPSA) is 80.3 Å². The summed E-state index contributed by atoms with van der Waals surface area (Å²) in [6.07, 6.45) is 1.56. The van der Waals surface area contributed by atoms with Crippen molar-refractivity contribution in [1.82, 2.24) is 4.98 Å². The van der Waals surface area contributed by atoms with Gasteiger partial charge < -0.3 is 15.4 Å². The number of pyridine rings is 1. The van der Waals surface area contributed by atoms with Crippen molar-refractivity contribution >= 4 is 23.2 Å². The van der Waals surface area contributed by atoms with E-state index in [0.717, 1.165) is 17.2 Å². The molecule has 2 amide bonds. The maximum atomic E-state index is 13.7. The minimum atomic E-state index is -0.535. The molecule has 0 saturated heterocycles. The third kappa shape index (κ3) is 5.88. The van der Waals surface area contributed by atoms with E-state index in [2.05, 4.69) is 15.6 Å². The maximum Gasteiger partial charge on any atom is 0.274 e. The van der Waals surface area contributed by atoms with Gasteiger partial charge in [-0.05, 0) is 67.4 Å². The lowest BCUT2D eigenvalue weighted by molar-refractivity contribution is -0.116. The number of hydrogen-bond acceptors (Lipinski definition) is 4. The van der Waals surface area contributed by atoms with Crippen LogP contribution in [0.5, 0.6) is 5.75 Å². The number of aromatic nitrogens is 1. The number of halogens is 1. The first kappa shape index (κ1) is 21.0. The number of anilines is 2. The van der Waals surface area contributed by atoms with Gasteiger partial charge in [-0.25, -0.2) is 4.39 Å². The van der Waals surface area contributed by atoms with Gasteiger partial charge in [0, 0.05) is 6.20 Å². The van der Waals surface area contributed by atoms with Gasteiger partial charge in [0.25, 0.3) is 5.91 Å². The normalized spacial score (nSPS) is 10.4. The molecule has 3 rings (SSSR count). The molecule has 0 fully saturated rings. The molecule has 0 spiro atoms. The lowest BCUT2D eigenvalue weighted by atomic mass is 10.1. The highest BCUT2D eigenvalue weighted by Gasteiger charge is 2.13. The molecule has 30 heavy (non-hydrogen) atoms. The van der Waals surface area contributed by atoms with Crippen LogP contribution in [0.4, 0.5) is 15.8 Å². The van der Waals surface area contributed by atoms with Crippen LogP contribution in [0.3, 0.4) is 0 Å². The molecule has 0 aliphatic heterocycles. The highest BCUT2D eigenvalue weighted by Crippen LogP contribution is 2.24. The van der Waals surface area contributed by atoms with Gasteiger partial charge in [-0.2, -0.15) is 0 Å². The van der Waals surface area contributed by atoms with Gasteiger partial charge >= 0.3 is 0 Å². The molecule has 0 bridgehead atoms. The van der Waals surface area contributed by atoms with E-state index in [1.54, 1.807) is 18.2 Å². The minimum absolute atomic E-state index is 0.0666. The van der Waals surface area contributed by atoms with E-state index in [1.165, 1.54) is 18.3 Å². The summed E-state index contributed by atoms with van der Waals surface area (Å²) >= 11 is 0. The van der Waals surface area contributed by atoms with E-state index in [0.29, 0.717) is 5.75 Å². The third-order valence-electron chi connectivity index (χ3n) is 4.19. The zero-order valence-electron chi connectivity index (χ0n) is 16.7. The standard InChI is InChI=1S/C23H22FN3O3/c1-15-11-16(2)13-18(12-15)30-10-8-22(28)26-21-14-17(24)6-7-19(21)27-23(29)20-5-3-4-9-25-20/h3-7,9,11-14H,8,10H2,1-2H3,(H,26,28)(H,27,29). The van der Waals surface area contributed by atoms with E-state index in [9.17, 15) is 14.0 Å². The Morgan fingerprint density at radius 3 is 2.43 bits per heavy atom. The summed E-state index contributed by atoms with van der Waals surface area (Å²) in [5.41, 5.74) is 2.79. The van der Waals surface area contributed by atoms with Gasteiger partial charge in [0.05, 0.1) is 24.4 Å². The summed E-state index contributed by atoms with van der Waals surface area (Å²) in [5, 5.41) is 5.26. The van der Waals surface area contributed by atoms with Crippen LogP contribution in [0, 0.1) is 19.7 Å². The molecule has 6 nitrogen and oxygen atoms in total. The number of ether oxygens (including phenoxy) is 1. The first-order chi connectivity index (χ1) is 14.4. The highest BCUT2D eigenvalue weighted by molar-refractivity contribution is 6.06. The van der Waals surface area contributed by atoms with Crippen molar-refractivity contribution in [1.29, 1.82) is 0 Å². The average Bonchev–Trinajstić information content (AvgIpc) is 2.70. The number of nitrogens with one attached hydrogen (secondary N) is 2. The van der Waals surface area contributed by atoms with Gasteiger partial charge in [0.2, 0.25) is 5.91 Å². The van der Waals surface area contributed by atoms with Gasteiger partial charge in [0.15, 0.2) is 0 Å². The summed E-state index contributed by atoms with van der Waals surface area (Å²) in [4.78, 5) is 28.6. The predicted molar refractivity (Wildman–Crippen MR) is 113 cm³/mol. The summed E-state index contributed by atoms with van der Waals surface area (Å²) in [6.45, 7) is 4.11. The number of amides is 2. The summed E-state index contributed by atoms with van der Waals surface area (Å²) in [6, 6.07) is 14.5. The molecule has 3 aromatic rings. The Kier molecular flexibility index (Phi) is 6.75. The summed E-state index contributed by atoms with van der Waals surface area (Å²) < 4.78 is 19.3. The lowest BCUT2D eigenvalue weighted by Gasteiger charge is -2.13. The van der Waals surface area contributed by atoms with Crippen molar-refractivity contribution in [2.75, 3.05) is 17.2 Å². The Morgan fingerprint density at radius 1 is 0.967 bits per heavy atom. The zero-order valence-corrected chi connectivity index (χ0v) is 16.7. The van der Waals surface area contributed by atoms with Crippen molar-refractivity contribution in [2.24, 2.45) is 0 Å². The van der Waals surface area contributed by atoms with E-state index in [-0.39, 0.29) is 36.0 Å². The number of carbonyl (C=O) groups is 2. The lowest BCUT2D eigenvalue weighted by Crippen LogP contribution is -2.19. The van der Waals surface area contributed by atoms with Crippen LogP contribution < -0.4 is 15.4 Å². The van der Waals surface area contributed by atoms with Gasteiger partial charge in [-0.3, -0.25) is 14.6 Å². The van der Waals surface area contributed by atoms with Crippen molar-refractivity contribution in [3.8, 4) is 5.75 Å². The molecule has 1 aromatic heterocycles. The molecule has 0 unspecified atom stereocenters. The molecule has 1 heterocycles. The second-order valence-electron chi connectivity index (χ2n) is 6.83. The number of aryl methyl sites for hydroxylation is 2. The molecule has 0 aliphatic carbocycles. The van der Waals surface area contributed by atoms with Crippen LogP contribution in [0.25, 0.3) is 0 Å². The Bertz CT molecular complexity index is 1030. The third-order valence-corrected chi connectivity index (χ3v) is 4.19. The Morgan fingerprint density at radius 2 is 1.73 bits per heavy atom. The molecular formula is C23H22FN3O3. The molecular weight excluding hydrogens is 385 g/mol. The van der Waals surface area contributed by atoms with Crippen molar-refractivity contribution in [2.45, 2.75) is 20.3 Å². The van der Waals surface area contributed by atoms with Gasteiger partial charge in [-0.15, -0.1) is 0 Å². The predicted octanol–water partition coefficient (Wildman–Crippen LogP) is 4.50. The number of rotatable bonds is 7. The Balaban J connectivity index is 1.61. The summed E-state index contributed by atoms with van der Waals surface area (Å²) in [7, 11) is 0. The molecule has 0 aliphatic rings. The molecule has 2 aromatic carbocycles. The average molecular weight is 407 g/mol. The molecule has 7 heteroatoms. The van der Waals surface area contributed by atoms with E-state index in [4.69, 9.17) is 4.74 Å². The van der Waals surface area contributed by atoms with Crippen molar-refractivity contribution in [3.05, 3.63) is 83.4 Å². The maximum absolute atomic E-state index is 13.7. The van der Waals surface area contributed by atoms with Crippen LogP contribution in [0.15, 0.2) is 60.8 Å². The van der Waals surface area contributed by atoms with E-state index < -0.39 is 11.7 Å².